The zero-order valence-corrected chi connectivity index (χ0v) is 20.1. The second kappa shape index (κ2) is 8.81. The quantitative estimate of drug-likeness (QED) is 0.447. The number of methoxy groups -OCH3 is 3. The van der Waals surface area contributed by atoms with Crippen LogP contribution in [0.3, 0.4) is 0 Å². The Hall–Kier alpha value is -3.29. The zero-order chi connectivity index (χ0) is 24.0. The molecular formula is C24H24N2O7S. The lowest BCUT2D eigenvalue weighted by atomic mass is 9.83. The Morgan fingerprint density at radius 3 is 2.62 bits per heavy atom. The van der Waals surface area contributed by atoms with Gasteiger partial charge in [-0.1, -0.05) is 6.07 Å². The van der Waals surface area contributed by atoms with E-state index < -0.39 is 12.1 Å². The van der Waals surface area contributed by atoms with Gasteiger partial charge in [0.1, 0.15) is 17.1 Å². The molecule has 0 aromatic heterocycles. The molecule has 2 aromatic rings. The van der Waals surface area contributed by atoms with Crippen molar-refractivity contribution in [1.82, 2.24) is 4.90 Å². The van der Waals surface area contributed by atoms with Crippen molar-refractivity contribution in [2.45, 2.75) is 24.3 Å². The third-order valence-electron chi connectivity index (χ3n) is 6.61. The molecule has 0 radical (unpaired) electrons. The molecular weight excluding hydrogens is 460 g/mol. The average molecular weight is 485 g/mol. The molecule has 9 nitrogen and oxygen atoms in total. The Bertz CT molecular complexity index is 1210. The van der Waals surface area contributed by atoms with E-state index in [1.807, 2.05) is 13.1 Å². The van der Waals surface area contributed by atoms with Gasteiger partial charge in [-0.15, -0.1) is 0 Å². The van der Waals surface area contributed by atoms with Crippen molar-refractivity contribution >= 4 is 17.7 Å². The summed E-state index contributed by atoms with van der Waals surface area (Å²) in [6.45, 7) is 0.804. The molecule has 3 aliphatic heterocycles. The van der Waals surface area contributed by atoms with E-state index in [4.69, 9.17) is 28.4 Å². The summed E-state index contributed by atoms with van der Waals surface area (Å²) in [6, 6.07) is 3.28. The largest absolute Gasteiger partial charge is 0.493 e. The molecule has 3 heterocycles. The third-order valence-corrected chi connectivity index (χ3v) is 7.17. The highest BCUT2D eigenvalue weighted by Gasteiger charge is 2.47. The van der Waals surface area contributed by atoms with Crippen molar-refractivity contribution in [3.8, 4) is 34.1 Å². The summed E-state index contributed by atoms with van der Waals surface area (Å²) in [7, 11) is 6.62. The molecule has 3 aliphatic rings. The lowest BCUT2D eigenvalue weighted by Gasteiger charge is -2.39. The first-order chi connectivity index (χ1) is 16.5. The second-order valence-corrected chi connectivity index (χ2v) is 8.88. The van der Waals surface area contributed by atoms with E-state index in [1.54, 1.807) is 13.2 Å². The van der Waals surface area contributed by atoms with Crippen LogP contribution in [0.4, 0.5) is 0 Å². The van der Waals surface area contributed by atoms with E-state index in [0.29, 0.717) is 40.1 Å². The molecule has 2 atom stereocenters. The number of benzene rings is 2. The highest BCUT2D eigenvalue weighted by Crippen LogP contribution is 2.57. The van der Waals surface area contributed by atoms with Crippen molar-refractivity contribution in [2.75, 3.05) is 41.7 Å². The first-order valence-corrected chi connectivity index (χ1v) is 11.7. The first kappa shape index (κ1) is 22.5. The highest BCUT2D eigenvalue weighted by molar-refractivity contribution is 8.02. The Balaban J connectivity index is 1.72. The lowest BCUT2D eigenvalue weighted by Crippen LogP contribution is -2.37. The molecule has 0 aliphatic carbocycles. The van der Waals surface area contributed by atoms with Gasteiger partial charge in [0.2, 0.25) is 12.5 Å². The van der Waals surface area contributed by atoms with Gasteiger partial charge in [-0.2, -0.15) is 5.26 Å². The zero-order valence-electron chi connectivity index (χ0n) is 19.3. The van der Waals surface area contributed by atoms with E-state index in [2.05, 4.69) is 10.3 Å². The second-order valence-electron chi connectivity index (χ2n) is 8.12. The van der Waals surface area contributed by atoms with Crippen LogP contribution in [0, 0.1) is 10.7 Å². The highest BCUT2D eigenvalue weighted by atomic mass is 32.2. The molecule has 0 N–H and O–H groups in total. The maximum atomic E-state index is 13.0. The molecule has 34 heavy (non-hydrogen) atoms. The van der Waals surface area contributed by atoms with Gasteiger partial charge in [-0.25, -0.2) is 4.79 Å². The number of ether oxygens (including phenoxy) is 6. The molecule has 2 unspecified atom stereocenters. The van der Waals surface area contributed by atoms with E-state index in [-0.39, 0.29) is 12.8 Å². The number of esters is 1. The third kappa shape index (κ3) is 3.22. The summed E-state index contributed by atoms with van der Waals surface area (Å²) >= 11 is 1.15. The number of carbonyl (C=O) groups is 1. The molecule has 10 heteroatoms. The number of rotatable bonds is 6. The fourth-order valence-corrected chi connectivity index (χ4v) is 5.69. The lowest BCUT2D eigenvalue weighted by molar-refractivity contribution is 0.00870. The Morgan fingerprint density at radius 2 is 1.91 bits per heavy atom. The summed E-state index contributed by atoms with van der Waals surface area (Å²) in [5.74, 6) is 2.52. The predicted octanol–water partition coefficient (Wildman–Crippen LogP) is 3.60. The van der Waals surface area contributed by atoms with Gasteiger partial charge in [-0.05, 0) is 36.9 Å². The Kier molecular flexibility index (Phi) is 5.83. The van der Waals surface area contributed by atoms with E-state index >= 15 is 0 Å². The van der Waals surface area contributed by atoms with Crippen LogP contribution in [0.5, 0.6) is 28.7 Å². The number of hydrogen-bond acceptors (Lipinski definition) is 10. The van der Waals surface area contributed by atoms with Crippen LogP contribution in [0.2, 0.25) is 0 Å². The minimum Gasteiger partial charge on any atom is -0.493 e. The minimum absolute atomic E-state index is 0.0809. The van der Waals surface area contributed by atoms with Gasteiger partial charge in [0, 0.05) is 29.0 Å². The van der Waals surface area contributed by atoms with Crippen LogP contribution in [-0.2, 0) is 16.9 Å². The van der Waals surface area contributed by atoms with Crippen LogP contribution in [-0.4, -0.2) is 52.6 Å². The summed E-state index contributed by atoms with van der Waals surface area (Å²) < 4.78 is 34.3. The van der Waals surface area contributed by atoms with Gasteiger partial charge < -0.3 is 28.4 Å². The standard InChI is InChI=1S/C24H24N2O7S/c1-26-8-7-12-14(9-34-10-25)20-23(32-11-31-20)22(30-4)16(12)18(26)19-13-5-6-15(28-2)21(29-3)17(13)24(27)33-19/h5-6,18-19H,7-9,11H2,1-4H3. The van der Waals surface area contributed by atoms with E-state index in [9.17, 15) is 10.1 Å². The van der Waals surface area contributed by atoms with Gasteiger partial charge in [-0.3, -0.25) is 4.90 Å². The van der Waals surface area contributed by atoms with Crippen molar-refractivity contribution in [3.05, 3.63) is 39.9 Å². The maximum absolute atomic E-state index is 13.0. The predicted molar refractivity (Wildman–Crippen MR) is 123 cm³/mol. The number of thiocyanates is 1. The van der Waals surface area contributed by atoms with E-state index in [1.165, 1.54) is 14.2 Å². The molecule has 0 amide bonds. The van der Waals surface area contributed by atoms with Crippen LogP contribution >= 0.6 is 11.8 Å². The molecule has 0 bridgehead atoms. The number of nitrogens with zero attached hydrogens (tertiary/aromatic N) is 2. The van der Waals surface area contributed by atoms with Crippen molar-refractivity contribution in [1.29, 1.82) is 5.26 Å². The smallest absolute Gasteiger partial charge is 0.343 e. The summed E-state index contributed by atoms with van der Waals surface area (Å²) in [6.07, 6.45) is 0.132. The fourth-order valence-electron chi connectivity index (χ4n) is 5.18. The summed E-state index contributed by atoms with van der Waals surface area (Å²) in [4.78, 5) is 15.2. The number of thioether (sulfide) groups is 1. The number of nitriles is 1. The van der Waals surface area contributed by atoms with Crippen molar-refractivity contribution in [2.24, 2.45) is 0 Å². The van der Waals surface area contributed by atoms with Crippen LogP contribution < -0.4 is 23.7 Å². The van der Waals surface area contributed by atoms with Crippen molar-refractivity contribution in [3.63, 3.8) is 0 Å². The van der Waals surface area contributed by atoms with Gasteiger partial charge in [0.05, 0.1) is 27.4 Å². The number of fused-ring (bicyclic) bond motifs is 3. The monoisotopic (exact) mass is 484 g/mol. The molecule has 0 saturated heterocycles. The number of likely N-dealkylation sites (N-methyl/N-ethyl adjacent to an activating group) is 1. The Morgan fingerprint density at radius 1 is 1.15 bits per heavy atom. The topological polar surface area (TPSA) is 99.5 Å². The fraction of sp³-hybridized carbons (Fsp3) is 0.417. The number of carbonyl (C=O) groups excluding carboxylic acids is 1. The minimum atomic E-state index is -0.600. The molecule has 5 rings (SSSR count). The SMILES string of the molecule is COc1ccc2c(c1OC)C(=O)OC2C1c2c(c(CSC#N)c3c(c2OC)OCO3)CCN1C. The van der Waals surface area contributed by atoms with Gasteiger partial charge in [0.25, 0.3) is 0 Å². The Labute approximate surface area is 201 Å². The normalized spacial score (nSPS) is 20.3. The van der Waals surface area contributed by atoms with Gasteiger partial charge in [0.15, 0.2) is 23.0 Å². The van der Waals surface area contributed by atoms with Gasteiger partial charge >= 0.3 is 5.97 Å². The maximum Gasteiger partial charge on any atom is 0.343 e. The van der Waals surface area contributed by atoms with E-state index in [0.717, 1.165) is 47.0 Å². The van der Waals surface area contributed by atoms with Crippen LogP contribution in [0.15, 0.2) is 12.1 Å². The van der Waals surface area contributed by atoms with Crippen molar-refractivity contribution < 1.29 is 33.2 Å². The molecule has 0 fully saturated rings. The summed E-state index contributed by atoms with van der Waals surface area (Å²) in [5.41, 5.74) is 3.93. The van der Waals surface area contributed by atoms with Crippen LogP contribution in [0.25, 0.3) is 0 Å². The number of cyclic esters (lactones) is 1. The number of hydrogen-bond donors (Lipinski definition) is 0. The first-order valence-electron chi connectivity index (χ1n) is 10.7. The summed E-state index contributed by atoms with van der Waals surface area (Å²) in [5, 5.41) is 11.4. The van der Waals surface area contributed by atoms with Crippen LogP contribution in [0.1, 0.15) is 44.8 Å². The molecule has 178 valence electrons. The average Bonchev–Trinajstić information content (AvgIpc) is 3.46. The molecule has 0 spiro atoms. The molecule has 0 saturated carbocycles. The molecule has 2 aromatic carbocycles.